The monoisotopic (exact) mass is 264 g/mol. The van der Waals surface area contributed by atoms with Gasteiger partial charge in [-0.15, -0.1) is 0 Å². The molecule has 0 radical (unpaired) electrons. The van der Waals surface area contributed by atoms with Crippen molar-refractivity contribution in [3.63, 3.8) is 0 Å². The summed E-state index contributed by atoms with van der Waals surface area (Å²) < 4.78 is 0. The lowest BCUT2D eigenvalue weighted by molar-refractivity contribution is -0.384. The largest absolute Gasteiger partial charge is 0.370 e. The molecule has 0 aliphatic heterocycles. The summed E-state index contributed by atoms with van der Waals surface area (Å²) in [6, 6.07) is 3.36. The van der Waals surface area contributed by atoms with Crippen molar-refractivity contribution >= 4 is 17.3 Å². The highest BCUT2D eigenvalue weighted by Crippen LogP contribution is 2.32. The predicted molar refractivity (Wildman–Crippen MR) is 75.5 cm³/mol. The minimum Gasteiger partial charge on any atom is -0.370 e. The minimum absolute atomic E-state index is 0.0350. The zero-order chi connectivity index (χ0) is 13.8. The molecule has 0 spiro atoms. The van der Waals surface area contributed by atoms with Gasteiger partial charge in [0.15, 0.2) is 0 Å². The third kappa shape index (κ3) is 3.13. The third-order valence-electron chi connectivity index (χ3n) is 3.65. The molecule has 1 heterocycles. The first-order valence-electron chi connectivity index (χ1n) is 6.77. The second-order valence-electron chi connectivity index (χ2n) is 4.98. The molecule has 1 atom stereocenters. The highest BCUT2D eigenvalue weighted by Gasteiger charge is 2.26. The van der Waals surface area contributed by atoms with E-state index in [1.165, 1.54) is 25.3 Å². The number of anilines is 2. The van der Waals surface area contributed by atoms with Gasteiger partial charge in [0.2, 0.25) is 5.82 Å². The number of nitrogens with zero attached hydrogens (tertiary/aromatic N) is 2. The second kappa shape index (κ2) is 5.86. The summed E-state index contributed by atoms with van der Waals surface area (Å²) in [4.78, 5) is 14.9. The van der Waals surface area contributed by atoms with E-state index in [0.29, 0.717) is 17.6 Å². The summed E-state index contributed by atoms with van der Waals surface area (Å²) in [5.74, 6) is 1.63. The maximum absolute atomic E-state index is 11.0. The lowest BCUT2D eigenvalue weighted by Gasteiger charge is -2.32. The van der Waals surface area contributed by atoms with E-state index in [4.69, 9.17) is 0 Å². The summed E-state index contributed by atoms with van der Waals surface area (Å²) in [5.41, 5.74) is 0.0350. The van der Waals surface area contributed by atoms with Gasteiger partial charge in [0.1, 0.15) is 5.82 Å². The zero-order valence-electron chi connectivity index (χ0n) is 11.3. The molecule has 1 fully saturated rings. The fraction of sp³-hybridized carbons (Fsp3) is 0.615. The van der Waals surface area contributed by atoms with Gasteiger partial charge in [-0.05, 0) is 38.7 Å². The Bertz CT molecular complexity index is 460. The summed E-state index contributed by atoms with van der Waals surface area (Å²) in [7, 11) is 0. The van der Waals surface area contributed by atoms with E-state index >= 15 is 0 Å². The Balaban J connectivity index is 2.18. The van der Waals surface area contributed by atoms with E-state index in [1.54, 1.807) is 6.07 Å². The van der Waals surface area contributed by atoms with Gasteiger partial charge in [-0.2, -0.15) is 0 Å². The Morgan fingerprint density at radius 1 is 1.53 bits per heavy atom. The van der Waals surface area contributed by atoms with Gasteiger partial charge in [0.25, 0.3) is 0 Å². The molecule has 1 aromatic heterocycles. The Morgan fingerprint density at radius 2 is 2.26 bits per heavy atom. The Kier molecular flexibility index (Phi) is 4.19. The predicted octanol–water partition coefficient (Wildman–Crippen LogP) is 3.02. The number of hydrogen-bond donors (Lipinski definition) is 2. The standard InChI is InChI=1S/C13H20N4O2/c1-3-14-12-8-7-11(17(18)19)13(16-12)15-9(2)10-5-4-6-10/h7-10H,3-6H2,1-2H3,(H2,14,15,16). The normalized spacial score (nSPS) is 16.5. The molecule has 0 amide bonds. The van der Waals surface area contributed by atoms with Crippen molar-refractivity contribution in [2.24, 2.45) is 5.92 Å². The van der Waals surface area contributed by atoms with Crippen LogP contribution in [0.25, 0.3) is 0 Å². The molecule has 19 heavy (non-hydrogen) atoms. The molecule has 2 rings (SSSR count). The summed E-state index contributed by atoms with van der Waals surface area (Å²) in [6.07, 6.45) is 3.63. The second-order valence-corrected chi connectivity index (χ2v) is 4.98. The molecule has 1 aromatic rings. The molecule has 1 saturated carbocycles. The lowest BCUT2D eigenvalue weighted by Crippen LogP contribution is -2.31. The van der Waals surface area contributed by atoms with Gasteiger partial charge < -0.3 is 10.6 Å². The number of nitro groups is 1. The van der Waals surface area contributed by atoms with E-state index in [0.717, 1.165) is 6.54 Å². The van der Waals surface area contributed by atoms with Crippen LogP contribution in [0.15, 0.2) is 12.1 Å². The third-order valence-corrected chi connectivity index (χ3v) is 3.65. The van der Waals surface area contributed by atoms with Gasteiger partial charge in [-0.1, -0.05) is 6.42 Å². The maximum Gasteiger partial charge on any atom is 0.311 e. The molecule has 1 aliphatic rings. The number of hydrogen-bond acceptors (Lipinski definition) is 5. The van der Waals surface area contributed by atoms with Crippen LogP contribution in [0.5, 0.6) is 0 Å². The molecular formula is C13H20N4O2. The first kappa shape index (κ1) is 13.6. The van der Waals surface area contributed by atoms with Gasteiger partial charge in [-0.25, -0.2) is 4.98 Å². The quantitative estimate of drug-likeness (QED) is 0.609. The van der Waals surface area contributed by atoms with Crippen molar-refractivity contribution in [1.82, 2.24) is 4.98 Å². The average molecular weight is 264 g/mol. The zero-order valence-corrected chi connectivity index (χ0v) is 11.3. The van der Waals surface area contributed by atoms with Crippen molar-refractivity contribution in [1.29, 1.82) is 0 Å². The van der Waals surface area contributed by atoms with E-state index in [1.807, 2.05) is 6.92 Å². The molecule has 0 bridgehead atoms. The lowest BCUT2D eigenvalue weighted by atomic mass is 9.80. The smallest absolute Gasteiger partial charge is 0.311 e. The first-order chi connectivity index (χ1) is 9.11. The van der Waals surface area contributed by atoms with Crippen molar-refractivity contribution < 1.29 is 4.92 Å². The van der Waals surface area contributed by atoms with Crippen molar-refractivity contribution in [2.45, 2.75) is 39.2 Å². The summed E-state index contributed by atoms with van der Waals surface area (Å²) in [5, 5.41) is 17.3. The molecule has 2 N–H and O–H groups in total. The van der Waals surface area contributed by atoms with E-state index < -0.39 is 4.92 Å². The van der Waals surface area contributed by atoms with Gasteiger partial charge in [0.05, 0.1) is 4.92 Å². The fourth-order valence-corrected chi connectivity index (χ4v) is 2.26. The Hall–Kier alpha value is -1.85. The summed E-state index contributed by atoms with van der Waals surface area (Å²) in [6.45, 7) is 4.77. The molecule has 104 valence electrons. The van der Waals surface area contributed by atoms with Gasteiger partial charge >= 0.3 is 5.69 Å². The minimum atomic E-state index is -0.390. The van der Waals surface area contributed by atoms with Crippen molar-refractivity contribution in [3.8, 4) is 0 Å². The van der Waals surface area contributed by atoms with Crippen LogP contribution >= 0.6 is 0 Å². The van der Waals surface area contributed by atoms with E-state index in [9.17, 15) is 10.1 Å². The molecular weight excluding hydrogens is 244 g/mol. The molecule has 0 saturated heterocycles. The number of nitrogens with one attached hydrogen (secondary N) is 2. The van der Waals surface area contributed by atoms with Crippen molar-refractivity contribution in [2.75, 3.05) is 17.2 Å². The molecule has 6 heteroatoms. The van der Waals surface area contributed by atoms with Crippen LogP contribution in [0.2, 0.25) is 0 Å². The number of rotatable bonds is 6. The van der Waals surface area contributed by atoms with Crippen LogP contribution < -0.4 is 10.6 Å². The average Bonchev–Trinajstić information content (AvgIpc) is 2.26. The SMILES string of the molecule is CCNc1ccc([N+](=O)[O-])c(NC(C)C2CCC2)n1. The van der Waals surface area contributed by atoms with Crippen LogP contribution in [-0.4, -0.2) is 22.5 Å². The maximum atomic E-state index is 11.0. The first-order valence-corrected chi connectivity index (χ1v) is 6.77. The van der Waals surface area contributed by atoms with Crippen LogP contribution in [0.4, 0.5) is 17.3 Å². The van der Waals surface area contributed by atoms with Crippen LogP contribution in [0, 0.1) is 16.0 Å². The Labute approximate surface area is 112 Å². The van der Waals surface area contributed by atoms with Crippen LogP contribution in [-0.2, 0) is 0 Å². The van der Waals surface area contributed by atoms with Crippen molar-refractivity contribution in [3.05, 3.63) is 22.2 Å². The highest BCUT2D eigenvalue weighted by molar-refractivity contribution is 5.60. The van der Waals surface area contributed by atoms with E-state index in [2.05, 4.69) is 22.5 Å². The number of aromatic nitrogens is 1. The molecule has 0 aromatic carbocycles. The van der Waals surface area contributed by atoms with Gasteiger partial charge in [0, 0.05) is 18.7 Å². The molecule has 1 aliphatic carbocycles. The fourth-order valence-electron chi connectivity index (χ4n) is 2.26. The van der Waals surface area contributed by atoms with Crippen LogP contribution in [0.1, 0.15) is 33.1 Å². The van der Waals surface area contributed by atoms with E-state index in [-0.39, 0.29) is 11.7 Å². The molecule has 6 nitrogen and oxygen atoms in total. The van der Waals surface area contributed by atoms with Crippen LogP contribution in [0.3, 0.4) is 0 Å². The Morgan fingerprint density at radius 3 is 2.79 bits per heavy atom. The topological polar surface area (TPSA) is 80.1 Å². The number of pyridine rings is 1. The van der Waals surface area contributed by atoms with Gasteiger partial charge in [-0.3, -0.25) is 10.1 Å². The molecule has 1 unspecified atom stereocenters. The highest BCUT2D eigenvalue weighted by atomic mass is 16.6. The summed E-state index contributed by atoms with van der Waals surface area (Å²) >= 11 is 0.